The number of carbonyl (C=O) groups is 1. The Morgan fingerprint density at radius 2 is 2.00 bits per heavy atom. The third kappa shape index (κ3) is 4.26. The predicted molar refractivity (Wildman–Crippen MR) is 57.3 cm³/mol. The van der Waals surface area contributed by atoms with Gasteiger partial charge in [-0.2, -0.15) is 8.78 Å². The summed E-state index contributed by atoms with van der Waals surface area (Å²) < 4.78 is 28.1. The minimum Gasteiger partial charge on any atom is -0.508 e. The highest BCUT2D eigenvalue weighted by Crippen LogP contribution is 2.23. The second kappa shape index (κ2) is 5.47. The van der Waals surface area contributed by atoms with Crippen molar-refractivity contribution in [2.45, 2.75) is 26.5 Å². The van der Waals surface area contributed by atoms with Gasteiger partial charge in [-0.05, 0) is 26.0 Å². The van der Waals surface area contributed by atoms with Crippen molar-refractivity contribution >= 4 is 5.91 Å². The van der Waals surface area contributed by atoms with Crippen molar-refractivity contribution in [1.29, 1.82) is 0 Å². The van der Waals surface area contributed by atoms with Crippen LogP contribution in [0.3, 0.4) is 0 Å². The average Bonchev–Trinajstić information content (AvgIpc) is 2.14. The van der Waals surface area contributed by atoms with Crippen LogP contribution in [0.15, 0.2) is 18.2 Å². The van der Waals surface area contributed by atoms with Gasteiger partial charge in [-0.1, -0.05) is 0 Å². The number of alkyl halides is 2. The lowest BCUT2D eigenvalue weighted by Gasteiger charge is -2.10. The minimum atomic E-state index is -3.00. The fraction of sp³-hybridized carbons (Fsp3) is 0.364. The Morgan fingerprint density at radius 1 is 1.35 bits per heavy atom. The highest BCUT2D eigenvalue weighted by molar-refractivity contribution is 5.95. The first-order valence-electron chi connectivity index (χ1n) is 4.98. The average molecular weight is 245 g/mol. The van der Waals surface area contributed by atoms with Crippen molar-refractivity contribution in [1.82, 2.24) is 5.32 Å². The molecule has 0 fully saturated rings. The van der Waals surface area contributed by atoms with Crippen LogP contribution in [-0.4, -0.2) is 23.7 Å². The molecular formula is C11H13F2NO3. The molecule has 1 aromatic carbocycles. The molecule has 0 aliphatic rings. The molecule has 0 aliphatic heterocycles. The van der Waals surface area contributed by atoms with Gasteiger partial charge in [-0.3, -0.25) is 4.79 Å². The monoisotopic (exact) mass is 245 g/mol. The molecule has 17 heavy (non-hydrogen) atoms. The summed E-state index contributed by atoms with van der Waals surface area (Å²) in [6.07, 6.45) is 0. The molecule has 0 atom stereocenters. The maximum Gasteiger partial charge on any atom is 0.387 e. The van der Waals surface area contributed by atoms with Crippen molar-refractivity contribution in [3.05, 3.63) is 23.8 Å². The maximum absolute atomic E-state index is 12.0. The van der Waals surface area contributed by atoms with Crippen LogP contribution in [0.5, 0.6) is 11.5 Å². The first-order chi connectivity index (χ1) is 7.88. The Labute approximate surface area is 97.2 Å². The summed E-state index contributed by atoms with van der Waals surface area (Å²) in [7, 11) is 0. The number of ether oxygens (including phenoxy) is 1. The van der Waals surface area contributed by atoms with Gasteiger partial charge in [-0.15, -0.1) is 0 Å². The normalized spacial score (nSPS) is 10.7. The van der Waals surface area contributed by atoms with Crippen molar-refractivity contribution in [2.75, 3.05) is 0 Å². The molecule has 1 rings (SSSR count). The first-order valence-corrected chi connectivity index (χ1v) is 4.98. The Bertz CT molecular complexity index is 408. The number of rotatable bonds is 4. The van der Waals surface area contributed by atoms with Gasteiger partial charge >= 0.3 is 6.61 Å². The molecule has 2 N–H and O–H groups in total. The van der Waals surface area contributed by atoms with E-state index in [4.69, 9.17) is 0 Å². The largest absolute Gasteiger partial charge is 0.508 e. The predicted octanol–water partition coefficient (Wildman–Crippen LogP) is 2.13. The third-order valence-corrected chi connectivity index (χ3v) is 1.80. The number of nitrogens with one attached hydrogen (secondary N) is 1. The van der Waals surface area contributed by atoms with Crippen LogP contribution in [0.2, 0.25) is 0 Å². The fourth-order valence-electron chi connectivity index (χ4n) is 1.23. The van der Waals surface area contributed by atoms with Crippen LogP contribution < -0.4 is 10.1 Å². The van der Waals surface area contributed by atoms with Crippen molar-refractivity contribution in [2.24, 2.45) is 0 Å². The van der Waals surface area contributed by atoms with E-state index >= 15 is 0 Å². The van der Waals surface area contributed by atoms with Crippen LogP contribution in [-0.2, 0) is 0 Å². The number of hydrogen-bond acceptors (Lipinski definition) is 3. The Hall–Kier alpha value is -1.85. The molecule has 94 valence electrons. The molecule has 0 bridgehead atoms. The smallest absolute Gasteiger partial charge is 0.387 e. The molecule has 0 heterocycles. The van der Waals surface area contributed by atoms with Crippen LogP contribution in [0.4, 0.5) is 8.78 Å². The summed E-state index contributed by atoms with van der Waals surface area (Å²) in [5.74, 6) is -1.03. The van der Waals surface area contributed by atoms with Gasteiger partial charge in [0.2, 0.25) is 0 Å². The molecule has 0 saturated carbocycles. The first kappa shape index (κ1) is 13.2. The number of phenols is 1. The zero-order chi connectivity index (χ0) is 13.0. The van der Waals surface area contributed by atoms with Crippen LogP contribution >= 0.6 is 0 Å². The number of aromatic hydroxyl groups is 1. The third-order valence-electron chi connectivity index (χ3n) is 1.80. The van der Waals surface area contributed by atoms with Gasteiger partial charge in [0.05, 0.1) is 0 Å². The van der Waals surface area contributed by atoms with Crippen molar-refractivity contribution in [3.8, 4) is 11.5 Å². The number of phenolic OH excluding ortho intramolecular Hbond substituents is 1. The minimum absolute atomic E-state index is 0.0642. The summed E-state index contributed by atoms with van der Waals surface area (Å²) in [5, 5.41) is 11.9. The number of carbonyl (C=O) groups excluding carboxylic acids is 1. The highest BCUT2D eigenvalue weighted by Gasteiger charge is 2.12. The highest BCUT2D eigenvalue weighted by atomic mass is 19.3. The number of amides is 1. The summed E-state index contributed by atoms with van der Waals surface area (Å²) in [5.41, 5.74) is 0.0642. The van der Waals surface area contributed by atoms with Gasteiger partial charge < -0.3 is 15.2 Å². The standard InChI is InChI=1S/C11H13F2NO3/c1-6(2)14-10(16)7-3-8(15)5-9(4-7)17-11(12)13/h3-6,11,15H,1-2H3,(H,14,16). The second-order valence-electron chi connectivity index (χ2n) is 3.72. The SMILES string of the molecule is CC(C)NC(=O)c1cc(O)cc(OC(F)F)c1. The molecule has 4 nitrogen and oxygen atoms in total. The zero-order valence-corrected chi connectivity index (χ0v) is 9.41. The van der Waals surface area contributed by atoms with Gasteiger partial charge in [0, 0.05) is 17.7 Å². The van der Waals surface area contributed by atoms with Gasteiger partial charge in [-0.25, -0.2) is 0 Å². The van der Waals surface area contributed by atoms with Crippen LogP contribution in [0.1, 0.15) is 24.2 Å². The topological polar surface area (TPSA) is 58.6 Å². The van der Waals surface area contributed by atoms with E-state index < -0.39 is 12.5 Å². The number of hydrogen-bond donors (Lipinski definition) is 2. The fourth-order valence-corrected chi connectivity index (χ4v) is 1.23. The Morgan fingerprint density at radius 3 is 2.53 bits per heavy atom. The van der Waals surface area contributed by atoms with Gasteiger partial charge in [0.15, 0.2) is 0 Å². The molecule has 0 aromatic heterocycles. The lowest BCUT2D eigenvalue weighted by molar-refractivity contribution is -0.0499. The summed E-state index contributed by atoms with van der Waals surface area (Å²) in [4.78, 5) is 11.6. The Balaban J connectivity index is 2.92. The van der Waals surface area contributed by atoms with E-state index in [-0.39, 0.29) is 23.1 Å². The molecule has 6 heteroatoms. The Kier molecular flexibility index (Phi) is 4.25. The van der Waals surface area contributed by atoms with E-state index in [2.05, 4.69) is 10.1 Å². The van der Waals surface area contributed by atoms with Gasteiger partial charge in [0.1, 0.15) is 11.5 Å². The molecule has 1 amide bonds. The number of halogens is 2. The molecule has 1 aromatic rings. The second-order valence-corrected chi connectivity index (χ2v) is 3.72. The van der Waals surface area contributed by atoms with Gasteiger partial charge in [0.25, 0.3) is 5.91 Å². The quantitative estimate of drug-likeness (QED) is 0.854. The zero-order valence-electron chi connectivity index (χ0n) is 9.41. The van der Waals surface area contributed by atoms with Crippen LogP contribution in [0, 0.1) is 0 Å². The molecule has 0 aliphatic carbocycles. The molecule has 0 saturated heterocycles. The molecule has 0 unspecified atom stereocenters. The molecule has 0 radical (unpaired) electrons. The van der Waals surface area contributed by atoms with E-state index in [9.17, 15) is 18.7 Å². The summed E-state index contributed by atoms with van der Waals surface area (Å²) in [6.45, 7) is 0.520. The van der Waals surface area contributed by atoms with E-state index in [1.54, 1.807) is 13.8 Å². The van der Waals surface area contributed by atoms with Crippen molar-refractivity contribution in [3.63, 3.8) is 0 Å². The van der Waals surface area contributed by atoms with E-state index in [0.717, 1.165) is 12.1 Å². The summed E-state index contributed by atoms with van der Waals surface area (Å²) in [6, 6.07) is 3.24. The number of benzene rings is 1. The molecule has 0 spiro atoms. The summed E-state index contributed by atoms with van der Waals surface area (Å²) >= 11 is 0. The lowest BCUT2D eigenvalue weighted by atomic mass is 10.2. The van der Waals surface area contributed by atoms with E-state index in [1.165, 1.54) is 6.07 Å². The molecular weight excluding hydrogens is 232 g/mol. The lowest BCUT2D eigenvalue weighted by Crippen LogP contribution is -2.30. The van der Waals surface area contributed by atoms with Crippen LogP contribution in [0.25, 0.3) is 0 Å². The van der Waals surface area contributed by atoms with E-state index in [0.29, 0.717) is 0 Å². The van der Waals surface area contributed by atoms with E-state index in [1.807, 2.05) is 0 Å². The van der Waals surface area contributed by atoms with Crippen molar-refractivity contribution < 1.29 is 23.4 Å². The maximum atomic E-state index is 12.0.